The molecule has 0 spiro atoms. The second-order valence-corrected chi connectivity index (χ2v) is 10.1. The van der Waals surface area contributed by atoms with Crippen LogP contribution >= 0.6 is 0 Å². The molecule has 2 amide bonds. The molecule has 1 heterocycles. The monoisotopic (exact) mass is 493 g/mol. The highest BCUT2D eigenvalue weighted by molar-refractivity contribution is 7.92. The number of aryl methyl sites for hydroxylation is 1. The van der Waals surface area contributed by atoms with E-state index in [0.717, 1.165) is 22.0 Å². The van der Waals surface area contributed by atoms with Crippen LogP contribution in [0.2, 0.25) is 0 Å². The zero-order valence-electron chi connectivity index (χ0n) is 19.6. The van der Waals surface area contributed by atoms with Gasteiger partial charge in [0.05, 0.1) is 17.7 Å². The molecule has 35 heavy (non-hydrogen) atoms. The van der Waals surface area contributed by atoms with E-state index < -0.39 is 22.5 Å². The van der Waals surface area contributed by atoms with Crippen LogP contribution < -0.4 is 19.3 Å². The van der Waals surface area contributed by atoms with Crippen molar-refractivity contribution in [2.75, 3.05) is 34.7 Å². The van der Waals surface area contributed by atoms with Gasteiger partial charge in [0.1, 0.15) is 12.3 Å². The van der Waals surface area contributed by atoms with E-state index in [1.54, 1.807) is 65.6 Å². The third-order valence-electron chi connectivity index (χ3n) is 5.82. The Hall–Kier alpha value is -3.85. The molecule has 1 aliphatic rings. The average Bonchev–Trinajstić information content (AvgIpc) is 3.28. The summed E-state index contributed by atoms with van der Waals surface area (Å²) in [5, 5.41) is 2.78. The van der Waals surface area contributed by atoms with Crippen LogP contribution in [0.25, 0.3) is 0 Å². The minimum Gasteiger partial charge on any atom is -0.497 e. The molecule has 0 unspecified atom stereocenters. The molecule has 0 aliphatic carbocycles. The summed E-state index contributed by atoms with van der Waals surface area (Å²) in [5.74, 6) is 0.165. The first kappa shape index (κ1) is 24.3. The van der Waals surface area contributed by atoms with Gasteiger partial charge in [-0.2, -0.15) is 0 Å². The van der Waals surface area contributed by atoms with Crippen molar-refractivity contribution >= 4 is 38.9 Å². The highest BCUT2D eigenvalue weighted by Crippen LogP contribution is 2.28. The van der Waals surface area contributed by atoms with E-state index in [-0.39, 0.29) is 10.8 Å². The van der Waals surface area contributed by atoms with Gasteiger partial charge < -0.3 is 15.0 Å². The van der Waals surface area contributed by atoms with Crippen LogP contribution in [0.4, 0.5) is 17.1 Å². The molecule has 0 atom stereocenters. The zero-order chi connectivity index (χ0) is 25.0. The molecule has 0 radical (unpaired) electrons. The Bertz CT molecular complexity index is 1320. The largest absolute Gasteiger partial charge is 0.497 e. The van der Waals surface area contributed by atoms with Crippen molar-refractivity contribution in [2.24, 2.45) is 0 Å². The normalized spacial score (nSPS) is 13.5. The van der Waals surface area contributed by atoms with Gasteiger partial charge in [0.25, 0.3) is 10.0 Å². The highest BCUT2D eigenvalue weighted by atomic mass is 32.2. The second-order valence-electron chi connectivity index (χ2n) is 8.22. The topological polar surface area (TPSA) is 96.0 Å². The molecular formula is C26H27N3O5S. The number of methoxy groups -OCH3 is 1. The summed E-state index contributed by atoms with van der Waals surface area (Å²) < 4.78 is 33.1. The number of rotatable bonds is 8. The summed E-state index contributed by atoms with van der Waals surface area (Å²) in [4.78, 5) is 26.9. The summed E-state index contributed by atoms with van der Waals surface area (Å²) in [6.07, 6.45) is 1.36. The fraction of sp³-hybridized carbons (Fsp3) is 0.231. The Kier molecular flexibility index (Phi) is 7.07. The van der Waals surface area contributed by atoms with Gasteiger partial charge in [-0.15, -0.1) is 0 Å². The Morgan fingerprint density at radius 3 is 2.37 bits per heavy atom. The third-order valence-corrected chi connectivity index (χ3v) is 7.61. The van der Waals surface area contributed by atoms with E-state index >= 15 is 0 Å². The number of hydrogen-bond donors (Lipinski definition) is 1. The molecule has 1 N–H and O–H groups in total. The van der Waals surface area contributed by atoms with Gasteiger partial charge >= 0.3 is 0 Å². The van der Waals surface area contributed by atoms with Crippen LogP contribution in [0.5, 0.6) is 5.75 Å². The van der Waals surface area contributed by atoms with Crippen LogP contribution in [0.3, 0.4) is 0 Å². The van der Waals surface area contributed by atoms with Gasteiger partial charge in [0, 0.05) is 24.3 Å². The van der Waals surface area contributed by atoms with Crippen molar-refractivity contribution in [3.05, 3.63) is 78.4 Å². The lowest BCUT2D eigenvalue weighted by atomic mass is 10.1. The number of sulfonamides is 1. The molecule has 0 saturated carbocycles. The SMILES string of the molecule is COc1ccc(N(CC(=O)Nc2ccc(N3CCCC3=O)c(C)c2)S(=O)(=O)c2ccccc2)cc1. The first-order valence-electron chi connectivity index (χ1n) is 11.2. The average molecular weight is 494 g/mol. The molecule has 0 bridgehead atoms. The maximum Gasteiger partial charge on any atom is 0.264 e. The van der Waals surface area contributed by atoms with E-state index in [1.807, 2.05) is 6.92 Å². The van der Waals surface area contributed by atoms with Crippen LogP contribution in [0, 0.1) is 6.92 Å². The molecular weight excluding hydrogens is 466 g/mol. The second kappa shape index (κ2) is 10.2. The number of benzene rings is 3. The zero-order valence-corrected chi connectivity index (χ0v) is 20.4. The predicted molar refractivity (Wildman–Crippen MR) is 135 cm³/mol. The summed E-state index contributed by atoms with van der Waals surface area (Å²) in [6.45, 7) is 2.13. The molecule has 1 aliphatic heterocycles. The lowest BCUT2D eigenvalue weighted by molar-refractivity contribution is -0.117. The molecule has 0 aromatic heterocycles. The molecule has 4 rings (SSSR count). The number of nitrogens with one attached hydrogen (secondary N) is 1. The smallest absolute Gasteiger partial charge is 0.264 e. The molecule has 3 aromatic rings. The fourth-order valence-corrected chi connectivity index (χ4v) is 5.50. The number of hydrogen-bond acceptors (Lipinski definition) is 5. The minimum atomic E-state index is -4.01. The first-order chi connectivity index (χ1) is 16.8. The van der Waals surface area contributed by atoms with Gasteiger partial charge in [-0.05, 0) is 73.5 Å². The molecule has 182 valence electrons. The van der Waals surface area contributed by atoms with E-state index in [4.69, 9.17) is 4.74 Å². The van der Waals surface area contributed by atoms with Crippen molar-refractivity contribution in [1.29, 1.82) is 0 Å². The van der Waals surface area contributed by atoms with Gasteiger partial charge in [-0.3, -0.25) is 13.9 Å². The maximum absolute atomic E-state index is 13.4. The number of amides is 2. The molecule has 9 heteroatoms. The lowest BCUT2D eigenvalue weighted by Gasteiger charge is -2.24. The van der Waals surface area contributed by atoms with Gasteiger partial charge in [-0.25, -0.2) is 8.42 Å². The Labute approximate surface area is 205 Å². The summed E-state index contributed by atoms with van der Waals surface area (Å²) in [7, 11) is -2.48. The Balaban J connectivity index is 1.57. The van der Waals surface area contributed by atoms with E-state index in [2.05, 4.69) is 5.32 Å². The summed E-state index contributed by atoms with van der Waals surface area (Å²) >= 11 is 0. The van der Waals surface area contributed by atoms with Gasteiger partial charge in [0.2, 0.25) is 11.8 Å². The first-order valence-corrected chi connectivity index (χ1v) is 12.7. The van der Waals surface area contributed by atoms with Crippen molar-refractivity contribution in [3.63, 3.8) is 0 Å². The van der Waals surface area contributed by atoms with Crippen LogP contribution in [-0.2, 0) is 19.6 Å². The molecule has 8 nitrogen and oxygen atoms in total. The van der Waals surface area contributed by atoms with Gasteiger partial charge in [-0.1, -0.05) is 18.2 Å². The van der Waals surface area contributed by atoms with Crippen molar-refractivity contribution < 1.29 is 22.7 Å². The lowest BCUT2D eigenvalue weighted by Crippen LogP contribution is -2.38. The van der Waals surface area contributed by atoms with Crippen molar-refractivity contribution in [1.82, 2.24) is 0 Å². The van der Waals surface area contributed by atoms with Crippen LogP contribution in [0.1, 0.15) is 18.4 Å². The number of anilines is 3. The fourth-order valence-electron chi connectivity index (χ4n) is 4.05. The number of carbonyl (C=O) groups is 2. The minimum absolute atomic E-state index is 0.0825. The third kappa shape index (κ3) is 5.30. The Morgan fingerprint density at radius 2 is 1.77 bits per heavy atom. The van der Waals surface area contributed by atoms with Gasteiger partial charge in [0.15, 0.2) is 0 Å². The van der Waals surface area contributed by atoms with E-state index in [0.29, 0.717) is 30.1 Å². The number of ether oxygens (including phenoxy) is 1. The van der Waals surface area contributed by atoms with Crippen molar-refractivity contribution in [2.45, 2.75) is 24.7 Å². The van der Waals surface area contributed by atoms with Crippen LogP contribution in [-0.4, -0.2) is 40.4 Å². The summed E-state index contributed by atoms with van der Waals surface area (Å²) in [6, 6.07) is 19.8. The molecule has 1 fully saturated rings. The maximum atomic E-state index is 13.4. The number of nitrogens with zero attached hydrogens (tertiary/aromatic N) is 2. The number of carbonyl (C=O) groups excluding carboxylic acids is 2. The van der Waals surface area contributed by atoms with E-state index in [9.17, 15) is 18.0 Å². The van der Waals surface area contributed by atoms with Crippen molar-refractivity contribution in [3.8, 4) is 5.75 Å². The molecule has 3 aromatic carbocycles. The van der Waals surface area contributed by atoms with E-state index in [1.165, 1.54) is 19.2 Å². The molecule has 1 saturated heterocycles. The highest BCUT2D eigenvalue weighted by Gasteiger charge is 2.27. The standard InChI is InChI=1S/C26H27N3O5S/c1-19-17-20(10-15-24(19)28-16-6-9-26(28)31)27-25(30)18-29(21-11-13-22(34-2)14-12-21)35(32,33)23-7-4-3-5-8-23/h3-5,7-8,10-15,17H,6,9,16,18H2,1-2H3,(H,27,30). The quantitative estimate of drug-likeness (QED) is 0.512. The predicted octanol–water partition coefficient (Wildman–Crippen LogP) is 3.96. The Morgan fingerprint density at radius 1 is 1.06 bits per heavy atom. The summed E-state index contributed by atoms with van der Waals surface area (Å²) in [5.41, 5.74) is 2.53. The van der Waals surface area contributed by atoms with Crippen LogP contribution in [0.15, 0.2) is 77.7 Å².